The standard InChI is InChI=1S/C11H14N2O2S/c1-7(6-9(13)11(14)15)16-10-5-3-2-4-8(10)12/h2-5,9H,1,6,12-13H2,(H,14,15). The van der Waals surface area contributed by atoms with Gasteiger partial charge in [-0.1, -0.05) is 30.5 Å². The van der Waals surface area contributed by atoms with Crippen molar-refractivity contribution in [3.8, 4) is 0 Å². The van der Waals surface area contributed by atoms with Gasteiger partial charge in [-0.15, -0.1) is 0 Å². The predicted octanol–water partition coefficient (Wildman–Crippen LogP) is 1.68. The lowest BCUT2D eigenvalue weighted by atomic mass is 10.2. The van der Waals surface area contributed by atoms with Gasteiger partial charge in [-0.25, -0.2) is 0 Å². The van der Waals surface area contributed by atoms with Crippen molar-refractivity contribution in [3.63, 3.8) is 0 Å². The van der Waals surface area contributed by atoms with Gasteiger partial charge >= 0.3 is 5.97 Å². The predicted molar refractivity (Wildman–Crippen MR) is 66.1 cm³/mol. The molecule has 0 heterocycles. The molecular formula is C11H14N2O2S. The Morgan fingerprint density at radius 1 is 1.50 bits per heavy atom. The van der Waals surface area contributed by atoms with Crippen molar-refractivity contribution >= 4 is 23.4 Å². The molecule has 4 nitrogen and oxygen atoms in total. The zero-order chi connectivity index (χ0) is 12.1. The maximum Gasteiger partial charge on any atom is 0.320 e. The van der Waals surface area contributed by atoms with Crippen LogP contribution in [0, 0.1) is 0 Å². The number of carbonyl (C=O) groups is 1. The van der Waals surface area contributed by atoms with Crippen LogP contribution in [0.2, 0.25) is 0 Å². The second-order valence-electron chi connectivity index (χ2n) is 3.33. The van der Waals surface area contributed by atoms with Gasteiger partial charge in [0.15, 0.2) is 0 Å². The first-order valence-corrected chi connectivity index (χ1v) is 5.51. The Bertz CT molecular complexity index is 407. The van der Waals surface area contributed by atoms with Crippen LogP contribution >= 0.6 is 11.8 Å². The maximum absolute atomic E-state index is 10.6. The third kappa shape index (κ3) is 3.60. The molecule has 0 saturated carbocycles. The molecule has 1 atom stereocenters. The average Bonchev–Trinajstić information content (AvgIpc) is 2.21. The molecule has 0 saturated heterocycles. The summed E-state index contributed by atoms with van der Waals surface area (Å²) in [7, 11) is 0. The zero-order valence-electron chi connectivity index (χ0n) is 8.72. The van der Waals surface area contributed by atoms with Crippen molar-refractivity contribution in [3.05, 3.63) is 35.7 Å². The molecular weight excluding hydrogens is 224 g/mol. The molecule has 86 valence electrons. The minimum atomic E-state index is -1.03. The fraction of sp³-hybridized carbons (Fsp3) is 0.182. The number of benzene rings is 1. The van der Waals surface area contributed by atoms with E-state index in [0.717, 1.165) is 4.90 Å². The highest BCUT2D eigenvalue weighted by molar-refractivity contribution is 8.03. The van der Waals surface area contributed by atoms with E-state index in [1.54, 1.807) is 6.07 Å². The Morgan fingerprint density at radius 2 is 2.12 bits per heavy atom. The summed E-state index contributed by atoms with van der Waals surface area (Å²) < 4.78 is 0. The highest BCUT2D eigenvalue weighted by atomic mass is 32.2. The summed E-state index contributed by atoms with van der Waals surface area (Å²) in [6, 6.07) is 6.43. The van der Waals surface area contributed by atoms with Crippen LogP contribution in [0.25, 0.3) is 0 Å². The molecule has 1 unspecified atom stereocenters. The van der Waals surface area contributed by atoms with Gasteiger partial charge in [-0.3, -0.25) is 4.79 Å². The van der Waals surface area contributed by atoms with Gasteiger partial charge in [0, 0.05) is 17.0 Å². The van der Waals surface area contributed by atoms with Gasteiger partial charge < -0.3 is 16.6 Å². The van der Waals surface area contributed by atoms with Gasteiger partial charge in [0.05, 0.1) is 0 Å². The Balaban J connectivity index is 2.59. The molecule has 1 rings (SSSR count). The van der Waals surface area contributed by atoms with Crippen molar-refractivity contribution in [2.24, 2.45) is 5.73 Å². The summed E-state index contributed by atoms with van der Waals surface area (Å²) in [5.74, 6) is -1.03. The van der Waals surface area contributed by atoms with Crippen LogP contribution in [0.4, 0.5) is 5.69 Å². The highest BCUT2D eigenvalue weighted by Crippen LogP contribution is 2.31. The van der Waals surface area contributed by atoms with Gasteiger partial charge in [0.2, 0.25) is 0 Å². The van der Waals surface area contributed by atoms with Crippen molar-refractivity contribution in [1.82, 2.24) is 0 Å². The fourth-order valence-corrected chi connectivity index (χ4v) is 2.01. The van der Waals surface area contributed by atoms with Crippen molar-refractivity contribution in [1.29, 1.82) is 0 Å². The number of hydrogen-bond acceptors (Lipinski definition) is 4. The first kappa shape index (κ1) is 12.6. The van der Waals surface area contributed by atoms with Gasteiger partial charge in [-0.2, -0.15) is 0 Å². The molecule has 0 aromatic heterocycles. The molecule has 0 amide bonds. The van der Waals surface area contributed by atoms with Crippen LogP contribution in [-0.2, 0) is 4.79 Å². The molecule has 5 N–H and O–H groups in total. The molecule has 0 aliphatic rings. The van der Waals surface area contributed by atoms with E-state index in [2.05, 4.69) is 6.58 Å². The van der Waals surface area contributed by atoms with Crippen LogP contribution < -0.4 is 11.5 Å². The molecule has 5 heteroatoms. The van der Waals surface area contributed by atoms with Crippen molar-refractivity contribution in [2.45, 2.75) is 17.4 Å². The Labute approximate surface area is 98.3 Å². The molecule has 0 radical (unpaired) electrons. The number of para-hydroxylation sites is 1. The van der Waals surface area contributed by atoms with Crippen LogP contribution in [0.5, 0.6) is 0 Å². The van der Waals surface area contributed by atoms with Gasteiger partial charge in [0.1, 0.15) is 6.04 Å². The molecule has 0 bridgehead atoms. The molecule has 0 aliphatic heterocycles. The van der Waals surface area contributed by atoms with Crippen molar-refractivity contribution < 1.29 is 9.90 Å². The summed E-state index contributed by atoms with van der Waals surface area (Å²) in [6.07, 6.45) is 0.230. The van der Waals surface area contributed by atoms with E-state index in [1.165, 1.54) is 11.8 Å². The second-order valence-corrected chi connectivity index (χ2v) is 4.55. The van der Waals surface area contributed by atoms with Gasteiger partial charge in [-0.05, 0) is 17.0 Å². The van der Waals surface area contributed by atoms with Gasteiger partial charge in [0.25, 0.3) is 0 Å². The molecule has 0 fully saturated rings. The topological polar surface area (TPSA) is 89.3 Å². The number of rotatable bonds is 5. The second kappa shape index (κ2) is 5.58. The Kier molecular flexibility index (Phi) is 4.39. The van der Waals surface area contributed by atoms with E-state index in [-0.39, 0.29) is 6.42 Å². The number of thioether (sulfide) groups is 1. The third-order valence-electron chi connectivity index (χ3n) is 1.94. The number of hydrogen-bond donors (Lipinski definition) is 3. The summed E-state index contributed by atoms with van der Waals surface area (Å²) >= 11 is 1.35. The molecule has 1 aromatic rings. The molecule has 1 aromatic carbocycles. The minimum absolute atomic E-state index is 0.230. The number of nitrogens with two attached hydrogens (primary N) is 2. The largest absolute Gasteiger partial charge is 0.480 e. The number of carboxylic acid groups (broad SMARTS) is 1. The first-order valence-electron chi connectivity index (χ1n) is 4.69. The van der Waals surface area contributed by atoms with E-state index in [0.29, 0.717) is 10.6 Å². The molecule has 16 heavy (non-hydrogen) atoms. The lowest BCUT2D eigenvalue weighted by Crippen LogP contribution is -2.29. The van der Waals surface area contributed by atoms with Crippen LogP contribution in [0.1, 0.15) is 6.42 Å². The van der Waals surface area contributed by atoms with E-state index in [4.69, 9.17) is 16.6 Å². The minimum Gasteiger partial charge on any atom is -0.480 e. The summed E-state index contributed by atoms with van der Waals surface area (Å²) in [4.78, 5) is 12.1. The van der Waals surface area contributed by atoms with Crippen LogP contribution in [0.3, 0.4) is 0 Å². The first-order chi connectivity index (χ1) is 7.50. The van der Waals surface area contributed by atoms with Crippen LogP contribution in [0.15, 0.2) is 40.6 Å². The highest BCUT2D eigenvalue weighted by Gasteiger charge is 2.13. The maximum atomic E-state index is 10.6. The smallest absolute Gasteiger partial charge is 0.320 e. The Hall–Kier alpha value is -1.46. The number of carboxylic acids is 1. The normalized spacial score (nSPS) is 12.1. The van der Waals surface area contributed by atoms with Crippen LogP contribution in [-0.4, -0.2) is 17.1 Å². The van der Waals surface area contributed by atoms with E-state index in [1.807, 2.05) is 18.2 Å². The quantitative estimate of drug-likeness (QED) is 0.536. The Morgan fingerprint density at radius 3 is 2.69 bits per heavy atom. The summed E-state index contributed by atoms with van der Waals surface area (Å²) in [5, 5.41) is 8.65. The molecule has 0 aliphatic carbocycles. The SMILES string of the molecule is C=C(CC(N)C(=O)O)Sc1ccccc1N. The summed E-state index contributed by atoms with van der Waals surface area (Å²) in [5.41, 5.74) is 11.8. The number of nitrogen functional groups attached to an aromatic ring is 1. The number of aliphatic carboxylic acids is 1. The average molecular weight is 238 g/mol. The summed E-state index contributed by atoms with van der Waals surface area (Å²) in [6.45, 7) is 3.78. The zero-order valence-corrected chi connectivity index (χ0v) is 9.54. The molecule has 0 spiro atoms. The third-order valence-corrected chi connectivity index (χ3v) is 2.99. The lowest BCUT2D eigenvalue weighted by Gasteiger charge is -2.10. The van der Waals surface area contributed by atoms with E-state index in [9.17, 15) is 4.79 Å². The lowest BCUT2D eigenvalue weighted by molar-refractivity contribution is -0.138. The monoisotopic (exact) mass is 238 g/mol. The fourth-order valence-electron chi connectivity index (χ4n) is 1.10. The van der Waals surface area contributed by atoms with E-state index >= 15 is 0 Å². The van der Waals surface area contributed by atoms with Crippen molar-refractivity contribution in [2.75, 3.05) is 5.73 Å². The number of anilines is 1. The van der Waals surface area contributed by atoms with E-state index < -0.39 is 12.0 Å².